The Morgan fingerprint density at radius 1 is 0.905 bits per heavy atom. The van der Waals surface area contributed by atoms with Crippen LogP contribution in [0.2, 0.25) is 0 Å². The van der Waals surface area contributed by atoms with Crippen LogP contribution in [-0.2, 0) is 13.1 Å². The number of aromatic nitrogens is 1. The lowest BCUT2D eigenvalue weighted by atomic mass is 10.1. The number of para-hydroxylation sites is 2. The highest BCUT2D eigenvalue weighted by atomic mass is 16.5. The van der Waals surface area contributed by atoms with Crippen molar-refractivity contribution in [2.75, 3.05) is 44.2 Å². The molecule has 5 rings (SSSR count). The van der Waals surface area contributed by atoms with E-state index in [1.807, 2.05) is 90.5 Å². The molecule has 1 aliphatic rings. The Labute approximate surface area is 248 Å². The van der Waals surface area contributed by atoms with Crippen molar-refractivity contribution in [3.63, 3.8) is 0 Å². The average Bonchev–Trinajstić information content (AvgIpc) is 3.67. The standard InChI is InChI=1S/C34H40N4O4/c1-4-18-38(33(39)29-13-7-6-11-26(29)3)24-27-12-10-19-37(27)25-28-16-17-32(42-28)34(40)36-22-20-35(21-23-36)30-14-8-9-15-31(30)41-5-2/h6-17,19H,4-5,18,20-25H2,1-3H3. The van der Waals surface area contributed by atoms with Gasteiger partial charge < -0.3 is 28.4 Å². The van der Waals surface area contributed by atoms with Crippen LogP contribution in [0.3, 0.4) is 0 Å². The third-order valence-corrected chi connectivity index (χ3v) is 7.70. The van der Waals surface area contributed by atoms with Gasteiger partial charge in [-0.15, -0.1) is 0 Å². The summed E-state index contributed by atoms with van der Waals surface area (Å²) < 4.78 is 13.9. The fourth-order valence-electron chi connectivity index (χ4n) is 5.50. The first-order valence-corrected chi connectivity index (χ1v) is 14.8. The monoisotopic (exact) mass is 568 g/mol. The number of hydrogen-bond acceptors (Lipinski definition) is 5. The Balaban J connectivity index is 1.21. The number of hydrogen-bond donors (Lipinski definition) is 0. The molecule has 0 unspecified atom stereocenters. The molecule has 2 aromatic heterocycles. The first kappa shape index (κ1) is 29.0. The van der Waals surface area contributed by atoms with Crippen LogP contribution in [0, 0.1) is 6.92 Å². The summed E-state index contributed by atoms with van der Waals surface area (Å²) in [6.07, 6.45) is 2.86. The molecule has 0 radical (unpaired) electrons. The van der Waals surface area contributed by atoms with Crippen LogP contribution in [0.25, 0.3) is 0 Å². The van der Waals surface area contributed by atoms with E-state index in [0.29, 0.717) is 50.9 Å². The van der Waals surface area contributed by atoms with Crippen molar-refractivity contribution in [2.45, 2.75) is 40.3 Å². The minimum Gasteiger partial charge on any atom is -0.492 e. The zero-order valence-electron chi connectivity index (χ0n) is 24.8. The smallest absolute Gasteiger partial charge is 0.289 e. The van der Waals surface area contributed by atoms with E-state index in [9.17, 15) is 9.59 Å². The molecule has 1 aliphatic heterocycles. The van der Waals surface area contributed by atoms with E-state index in [0.717, 1.165) is 47.8 Å². The van der Waals surface area contributed by atoms with Gasteiger partial charge in [-0.05, 0) is 68.3 Å². The fraction of sp³-hybridized carbons (Fsp3) is 0.353. The van der Waals surface area contributed by atoms with Gasteiger partial charge in [0.2, 0.25) is 0 Å². The number of amides is 2. The van der Waals surface area contributed by atoms with Crippen molar-refractivity contribution in [1.29, 1.82) is 0 Å². The summed E-state index contributed by atoms with van der Waals surface area (Å²) in [4.78, 5) is 32.7. The zero-order valence-corrected chi connectivity index (χ0v) is 24.8. The van der Waals surface area contributed by atoms with E-state index >= 15 is 0 Å². The third-order valence-electron chi connectivity index (χ3n) is 7.70. The maximum Gasteiger partial charge on any atom is 0.289 e. The van der Waals surface area contributed by atoms with Crippen molar-refractivity contribution >= 4 is 17.5 Å². The van der Waals surface area contributed by atoms with Gasteiger partial charge >= 0.3 is 0 Å². The summed E-state index contributed by atoms with van der Waals surface area (Å²) in [6, 6.07) is 23.4. The number of ether oxygens (including phenoxy) is 1. The van der Waals surface area contributed by atoms with Gasteiger partial charge in [0.1, 0.15) is 11.5 Å². The van der Waals surface area contributed by atoms with E-state index in [1.54, 1.807) is 6.07 Å². The lowest BCUT2D eigenvalue weighted by molar-refractivity contribution is 0.0709. The summed E-state index contributed by atoms with van der Waals surface area (Å²) in [7, 11) is 0. The Morgan fingerprint density at radius 2 is 1.67 bits per heavy atom. The highest BCUT2D eigenvalue weighted by Gasteiger charge is 2.26. The van der Waals surface area contributed by atoms with Gasteiger partial charge in [-0.25, -0.2) is 0 Å². The van der Waals surface area contributed by atoms with Crippen LogP contribution in [0.4, 0.5) is 5.69 Å². The first-order chi connectivity index (χ1) is 20.5. The fourth-order valence-corrected chi connectivity index (χ4v) is 5.50. The molecule has 0 atom stereocenters. The number of carbonyl (C=O) groups excluding carboxylic acids is 2. The Bertz CT molecular complexity index is 1500. The van der Waals surface area contributed by atoms with Gasteiger partial charge in [0, 0.05) is 50.2 Å². The molecule has 0 N–H and O–H groups in total. The largest absolute Gasteiger partial charge is 0.492 e. The molecular weight excluding hydrogens is 528 g/mol. The minimum absolute atomic E-state index is 0.0371. The van der Waals surface area contributed by atoms with Crippen LogP contribution in [0.5, 0.6) is 5.75 Å². The molecule has 8 heteroatoms. The Hall–Kier alpha value is -4.46. The van der Waals surface area contributed by atoms with Gasteiger partial charge in [-0.3, -0.25) is 9.59 Å². The molecule has 42 heavy (non-hydrogen) atoms. The van der Waals surface area contributed by atoms with Crippen molar-refractivity contribution in [3.8, 4) is 5.75 Å². The molecule has 0 aliphatic carbocycles. The number of aryl methyl sites for hydroxylation is 1. The second-order valence-electron chi connectivity index (χ2n) is 10.6. The summed E-state index contributed by atoms with van der Waals surface area (Å²) in [5, 5.41) is 0. The number of rotatable bonds is 11. The maximum absolute atomic E-state index is 13.4. The van der Waals surface area contributed by atoms with E-state index in [4.69, 9.17) is 9.15 Å². The number of anilines is 1. The number of nitrogens with zero attached hydrogens (tertiary/aromatic N) is 4. The Morgan fingerprint density at radius 3 is 2.43 bits per heavy atom. The lowest BCUT2D eigenvalue weighted by Gasteiger charge is -2.36. The molecule has 8 nitrogen and oxygen atoms in total. The number of piperazine rings is 1. The highest BCUT2D eigenvalue weighted by Crippen LogP contribution is 2.29. The lowest BCUT2D eigenvalue weighted by Crippen LogP contribution is -2.48. The van der Waals surface area contributed by atoms with E-state index < -0.39 is 0 Å². The van der Waals surface area contributed by atoms with Crippen LogP contribution in [-0.4, -0.2) is 65.5 Å². The van der Waals surface area contributed by atoms with E-state index in [-0.39, 0.29) is 11.8 Å². The van der Waals surface area contributed by atoms with Crippen molar-refractivity contribution in [1.82, 2.24) is 14.4 Å². The molecule has 4 aromatic rings. The molecule has 3 heterocycles. The normalized spacial score (nSPS) is 13.3. The van der Waals surface area contributed by atoms with Crippen LogP contribution < -0.4 is 9.64 Å². The van der Waals surface area contributed by atoms with Gasteiger partial charge in [0.15, 0.2) is 5.76 Å². The highest BCUT2D eigenvalue weighted by molar-refractivity contribution is 5.95. The molecule has 220 valence electrons. The molecule has 2 aromatic carbocycles. The molecule has 0 spiro atoms. The number of carbonyl (C=O) groups is 2. The van der Waals surface area contributed by atoms with Gasteiger partial charge in [0.05, 0.1) is 25.4 Å². The van der Waals surface area contributed by atoms with Gasteiger partial charge in [-0.2, -0.15) is 0 Å². The minimum atomic E-state index is -0.0929. The van der Waals surface area contributed by atoms with Gasteiger partial charge in [0.25, 0.3) is 11.8 Å². The first-order valence-electron chi connectivity index (χ1n) is 14.8. The number of furan rings is 1. The van der Waals surface area contributed by atoms with Crippen molar-refractivity contribution < 1.29 is 18.7 Å². The van der Waals surface area contributed by atoms with Crippen LogP contribution in [0.15, 0.2) is 83.4 Å². The van der Waals surface area contributed by atoms with Crippen molar-refractivity contribution in [2.24, 2.45) is 0 Å². The van der Waals surface area contributed by atoms with Crippen molar-refractivity contribution in [3.05, 3.63) is 107 Å². The molecular formula is C34H40N4O4. The predicted octanol–water partition coefficient (Wildman–Crippen LogP) is 5.85. The van der Waals surface area contributed by atoms with Crippen LogP contribution in [0.1, 0.15) is 58.2 Å². The summed E-state index contributed by atoms with van der Waals surface area (Å²) in [5.41, 5.74) is 3.78. The third kappa shape index (κ3) is 6.54. The zero-order chi connectivity index (χ0) is 29.5. The molecule has 0 saturated carbocycles. The second kappa shape index (κ2) is 13.5. The quantitative estimate of drug-likeness (QED) is 0.227. The average molecular weight is 569 g/mol. The Kier molecular flexibility index (Phi) is 9.31. The summed E-state index contributed by atoms with van der Waals surface area (Å²) in [6.45, 7) is 11.0. The SMILES string of the molecule is CCCN(Cc1cccn1Cc1ccc(C(=O)N2CCN(c3ccccc3OCC)CC2)o1)C(=O)c1ccccc1C. The summed E-state index contributed by atoms with van der Waals surface area (Å²) in [5.74, 6) is 1.87. The second-order valence-corrected chi connectivity index (χ2v) is 10.6. The predicted molar refractivity (Wildman–Crippen MR) is 164 cm³/mol. The van der Waals surface area contributed by atoms with E-state index in [2.05, 4.69) is 22.5 Å². The van der Waals surface area contributed by atoms with E-state index in [1.165, 1.54) is 0 Å². The van der Waals surface area contributed by atoms with Crippen LogP contribution >= 0.6 is 0 Å². The summed E-state index contributed by atoms with van der Waals surface area (Å²) >= 11 is 0. The molecule has 1 saturated heterocycles. The number of benzene rings is 2. The van der Waals surface area contributed by atoms with Gasteiger partial charge in [-0.1, -0.05) is 37.3 Å². The molecule has 2 amide bonds. The molecule has 1 fully saturated rings. The molecule has 0 bridgehead atoms. The maximum atomic E-state index is 13.4. The topological polar surface area (TPSA) is 71.2 Å².